The zero-order valence-corrected chi connectivity index (χ0v) is 21.5. The fourth-order valence-electron chi connectivity index (χ4n) is 4.87. The summed E-state index contributed by atoms with van der Waals surface area (Å²) in [6.07, 6.45) is -3.27. The Bertz CT molecular complexity index is 1720. The molecule has 1 aliphatic rings. The monoisotopic (exact) mass is 554 g/mol. The Morgan fingerprint density at radius 2 is 1.90 bits per heavy atom. The van der Waals surface area contributed by atoms with Gasteiger partial charge < -0.3 is 9.47 Å². The molecule has 1 aliphatic heterocycles. The molecule has 4 aromatic rings. The lowest BCUT2D eigenvalue weighted by atomic mass is 9.88. The van der Waals surface area contributed by atoms with Gasteiger partial charge in [0.05, 0.1) is 31.0 Å². The number of aromatic nitrogens is 5. The van der Waals surface area contributed by atoms with Crippen LogP contribution in [0.4, 0.5) is 17.6 Å². The Kier molecular flexibility index (Phi) is 6.97. The van der Waals surface area contributed by atoms with Crippen LogP contribution in [0.2, 0.25) is 0 Å². The number of methoxy groups -OCH3 is 1. The van der Waals surface area contributed by atoms with Crippen LogP contribution in [0.3, 0.4) is 0 Å². The van der Waals surface area contributed by atoms with Crippen molar-refractivity contribution in [3.8, 4) is 23.2 Å². The van der Waals surface area contributed by atoms with Crippen LogP contribution < -0.4 is 10.3 Å². The highest BCUT2D eigenvalue weighted by atomic mass is 19.4. The van der Waals surface area contributed by atoms with Crippen LogP contribution in [0.5, 0.6) is 5.88 Å². The van der Waals surface area contributed by atoms with E-state index in [-0.39, 0.29) is 34.3 Å². The number of hydrogen-bond acceptors (Lipinski definition) is 8. The number of benzene rings is 1. The molecule has 40 heavy (non-hydrogen) atoms. The third-order valence-electron chi connectivity index (χ3n) is 6.77. The van der Waals surface area contributed by atoms with Crippen molar-refractivity contribution in [2.24, 2.45) is 7.05 Å². The second kappa shape index (κ2) is 10.3. The summed E-state index contributed by atoms with van der Waals surface area (Å²) in [7, 11) is 2.44. The van der Waals surface area contributed by atoms with Gasteiger partial charge in [-0.15, -0.1) is 0 Å². The molecule has 206 valence electrons. The van der Waals surface area contributed by atoms with Crippen molar-refractivity contribution in [1.82, 2.24) is 24.5 Å². The molecular weight excluding hydrogens is 532 g/mol. The van der Waals surface area contributed by atoms with Crippen molar-refractivity contribution in [2.45, 2.75) is 44.1 Å². The van der Waals surface area contributed by atoms with E-state index in [9.17, 15) is 18.0 Å². The molecule has 0 spiro atoms. The lowest BCUT2D eigenvalue weighted by molar-refractivity contribution is -0.147. The van der Waals surface area contributed by atoms with Crippen LogP contribution in [0.25, 0.3) is 22.3 Å². The van der Waals surface area contributed by atoms with E-state index in [0.717, 1.165) is 18.7 Å². The van der Waals surface area contributed by atoms with E-state index in [4.69, 9.17) is 14.7 Å². The minimum Gasteiger partial charge on any atom is -0.481 e. The normalized spacial score (nSPS) is 19.4. The molecule has 13 heteroatoms. The van der Waals surface area contributed by atoms with Gasteiger partial charge in [0.25, 0.3) is 5.56 Å². The third kappa shape index (κ3) is 4.98. The number of alkyl halides is 3. The van der Waals surface area contributed by atoms with Crippen LogP contribution in [0.1, 0.15) is 54.6 Å². The Balaban J connectivity index is 1.71. The van der Waals surface area contributed by atoms with Crippen molar-refractivity contribution in [2.75, 3.05) is 7.11 Å². The fourth-order valence-corrected chi connectivity index (χ4v) is 4.87. The van der Waals surface area contributed by atoms with Gasteiger partial charge >= 0.3 is 6.18 Å². The minimum atomic E-state index is -4.96. The highest BCUT2D eigenvalue weighted by molar-refractivity contribution is 5.88. The Morgan fingerprint density at radius 1 is 1.12 bits per heavy atom. The number of hydrogen-bond donors (Lipinski definition) is 0. The van der Waals surface area contributed by atoms with Crippen LogP contribution >= 0.6 is 0 Å². The van der Waals surface area contributed by atoms with E-state index in [1.165, 1.54) is 19.2 Å². The molecule has 1 aromatic carbocycles. The van der Waals surface area contributed by atoms with E-state index in [1.54, 1.807) is 18.3 Å². The van der Waals surface area contributed by atoms with Crippen molar-refractivity contribution < 1.29 is 27.0 Å². The Hall–Kier alpha value is -4.44. The minimum absolute atomic E-state index is 0.00793. The van der Waals surface area contributed by atoms with Gasteiger partial charge in [0, 0.05) is 30.8 Å². The molecule has 3 aromatic heterocycles. The fraction of sp³-hybridized carbons (Fsp3) is 0.333. The molecule has 0 N–H and O–H groups in total. The molecule has 0 saturated carbocycles. The van der Waals surface area contributed by atoms with Gasteiger partial charge in [-0.2, -0.15) is 18.4 Å². The molecule has 1 fully saturated rings. The lowest BCUT2D eigenvalue weighted by Crippen LogP contribution is -2.30. The van der Waals surface area contributed by atoms with Gasteiger partial charge in [0.15, 0.2) is 5.52 Å². The number of halogens is 4. The highest BCUT2D eigenvalue weighted by Crippen LogP contribution is 2.41. The summed E-state index contributed by atoms with van der Waals surface area (Å²) < 4.78 is 68.1. The second-order valence-electron chi connectivity index (χ2n) is 9.47. The van der Waals surface area contributed by atoms with E-state index in [0.29, 0.717) is 23.3 Å². The number of pyridine rings is 1. The van der Waals surface area contributed by atoms with Crippen LogP contribution in [0, 0.1) is 17.1 Å². The molecule has 3 atom stereocenters. The average Bonchev–Trinajstić information content (AvgIpc) is 2.93. The van der Waals surface area contributed by atoms with Crippen molar-refractivity contribution in [3.63, 3.8) is 0 Å². The molecular formula is C27H22F4N6O3. The lowest BCUT2D eigenvalue weighted by Gasteiger charge is -2.33. The zero-order chi connectivity index (χ0) is 28.8. The summed E-state index contributed by atoms with van der Waals surface area (Å²) in [5.41, 5.74) is -1.60. The quantitative estimate of drug-likeness (QED) is 0.329. The van der Waals surface area contributed by atoms with Gasteiger partial charge in [-0.05, 0) is 49.6 Å². The number of rotatable bonds is 4. The predicted molar refractivity (Wildman–Crippen MR) is 134 cm³/mol. The first-order valence-electron chi connectivity index (χ1n) is 12.2. The Morgan fingerprint density at radius 3 is 2.58 bits per heavy atom. The molecule has 0 bridgehead atoms. The predicted octanol–water partition coefficient (Wildman–Crippen LogP) is 4.85. The Labute approximate surface area is 225 Å². The van der Waals surface area contributed by atoms with E-state index >= 15 is 4.39 Å². The highest BCUT2D eigenvalue weighted by Gasteiger charge is 2.38. The molecule has 9 nitrogen and oxygen atoms in total. The van der Waals surface area contributed by atoms with E-state index < -0.39 is 40.9 Å². The topological polar surface area (TPSA) is 116 Å². The van der Waals surface area contributed by atoms with Crippen molar-refractivity contribution in [1.29, 1.82) is 5.26 Å². The number of nitrogens with zero attached hydrogens (tertiary/aromatic N) is 6. The average molecular weight is 555 g/mol. The molecule has 0 amide bonds. The van der Waals surface area contributed by atoms with E-state index in [2.05, 4.69) is 19.9 Å². The van der Waals surface area contributed by atoms with Crippen LogP contribution in [-0.4, -0.2) is 37.7 Å². The van der Waals surface area contributed by atoms with Crippen molar-refractivity contribution >= 4 is 11.0 Å². The van der Waals surface area contributed by atoms with Gasteiger partial charge in [-0.25, -0.2) is 24.3 Å². The van der Waals surface area contributed by atoms with E-state index in [1.807, 2.05) is 13.0 Å². The summed E-state index contributed by atoms with van der Waals surface area (Å²) in [5.74, 6) is -2.23. The molecule has 1 saturated heterocycles. The summed E-state index contributed by atoms with van der Waals surface area (Å²) in [5, 5.41) is 9.13. The third-order valence-corrected chi connectivity index (χ3v) is 6.77. The molecule has 4 heterocycles. The summed E-state index contributed by atoms with van der Waals surface area (Å²) >= 11 is 0. The number of fused-ring (bicyclic) bond motifs is 1. The first-order chi connectivity index (χ1) is 19.0. The maximum absolute atomic E-state index is 15.2. The van der Waals surface area contributed by atoms with Gasteiger partial charge in [-0.1, -0.05) is 0 Å². The zero-order valence-electron chi connectivity index (χ0n) is 21.5. The van der Waals surface area contributed by atoms with Gasteiger partial charge in [0.1, 0.15) is 22.9 Å². The largest absolute Gasteiger partial charge is 0.481 e. The van der Waals surface area contributed by atoms with Crippen molar-refractivity contribution in [3.05, 3.63) is 75.5 Å². The standard InChI is InChI=1S/C27H22F4N6O3/c1-13-8-16(10-19(40-13)15-6-7-33-20(11-15)39-3)24-34-21(17-5-4-14(12-32)9-18(17)28)22-23(35-24)25(38)37(2)26(36-22)27(29,30)31/h4-7,9,11,13,16,19H,8,10H2,1-3H3/t13-,16-,19+/m0/s1. The molecule has 0 aliphatic carbocycles. The molecule has 0 unspecified atom stereocenters. The summed E-state index contributed by atoms with van der Waals surface area (Å²) in [6, 6.07) is 8.79. The van der Waals surface area contributed by atoms with Crippen LogP contribution in [0.15, 0.2) is 41.3 Å². The number of nitriles is 1. The SMILES string of the molecule is COc1cc([C@H]2C[C@@H](c3nc(-c4ccc(C#N)cc4F)c4nc(C(F)(F)F)n(C)c(=O)c4n3)C[C@H](C)O2)ccn1. The smallest absolute Gasteiger partial charge is 0.449 e. The number of ether oxygens (including phenoxy) is 2. The molecule has 0 radical (unpaired) electrons. The first-order valence-corrected chi connectivity index (χ1v) is 12.2. The first kappa shape index (κ1) is 27.1. The van der Waals surface area contributed by atoms with Gasteiger partial charge in [0.2, 0.25) is 11.7 Å². The summed E-state index contributed by atoms with van der Waals surface area (Å²) in [6.45, 7) is 1.86. The maximum Gasteiger partial charge on any atom is 0.449 e. The molecule has 5 rings (SSSR count). The second-order valence-corrected chi connectivity index (χ2v) is 9.47. The van der Waals surface area contributed by atoms with Gasteiger partial charge in [-0.3, -0.25) is 9.36 Å². The summed E-state index contributed by atoms with van der Waals surface area (Å²) in [4.78, 5) is 29.8. The van der Waals surface area contributed by atoms with Crippen LogP contribution in [-0.2, 0) is 18.0 Å². The maximum atomic E-state index is 15.2.